The topological polar surface area (TPSA) is 190 Å². The van der Waals surface area contributed by atoms with Crippen LogP contribution >= 0.6 is 0 Å². The molecule has 2 fully saturated rings. The van der Waals surface area contributed by atoms with Crippen molar-refractivity contribution >= 4 is 0 Å². The minimum atomic E-state index is -1.76. The number of hydrogen-bond donors (Lipinski definition) is 8. The van der Waals surface area contributed by atoms with Crippen molar-refractivity contribution in [1.29, 1.82) is 0 Å². The first-order valence-corrected chi connectivity index (χ1v) is 7.08. The highest BCUT2D eigenvalue weighted by atomic mass is 16.7. The minimum absolute atomic E-state index is 0.667. The highest BCUT2D eigenvalue weighted by Crippen LogP contribution is 2.28. The van der Waals surface area contributed by atoms with Crippen LogP contribution in [0.25, 0.3) is 0 Å². The molecule has 2 heterocycles. The maximum Gasteiger partial charge on any atom is 0.187 e. The molecule has 2 aliphatic rings. The zero-order valence-electron chi connectivity index (χ0n) is 12.0. The Kier molecular flexibility index (Phi) is 6.27. The molecular formula is C12H22O11. The van der Waals surface area contributed by atoms with Crippen molar-refractivity contribution in [3.8, 4) is 0 Å². The Morgan fingerprint density at radius 1 is 0.652 bits per heavy atom. The van der Waals surface area contributed by atoms with Crippen molar-refractivity contribution in [1.82, 2.24) is 0 Å². The molecule has 136 valence electrons. The second kappa shape index (κ2) is 7.63. The van der Waals surface area contributed by atoms with Crippen molar-refractivity contribution in [3.63, 3.8) is 0 Å². The van der Waals surface area contributed by atoms with Gasteiger partial charge in [0, 0.05) is 0 Å². The van der Waals surface area contributed by atoms with Crippen LogP contribution in [0.5, 0.6) is 0 Å². The van der Waals surface area contributed by atoms with Gasteiger partial charge in [0.15, 0.2) is 12.6 Å². The Labute approximate surface area is 130 Å². The smallest absolute Gasteiger partial charge is 0.187 e. The van der Waals surface area contributed by atoms with Gasteiger partial charge in [-0.3, -0.25) is 0 Å². The van der Waals surface area contributed by atoms with Gasteiger partial charge in [-0.1, -0.05) is 0 Å². The highest BCUT2D eigenvalue weighted by molar-refractivity contribution is 4.93. The molecule has 23 heavy (non-hydrogen) atoms. The molecule has 11 heteroatoms. The molecule has 2 aliphatic heterocycles. The van der Waals surface area contributed by atoms with E-state index in [9.17, 15) is 30.6 Å². The van der Waals surface area contributed by atoms with Crippen molar-refractivity contribution < 1.29 is 55.1 Å². The summed E-state index contributed by atoms with van der Waals surface area (Å²) < 4.78 is 15.1. The molecule has 0 radical (unpaired) electrons. The summed E-state index contributed by atoms with van der Waals surface area (Å²) in [5.74, 6) is 0. The van der Waals surface area contributed by atoms with Gasteiger partial charge in [0.1, 0.15) is 48.8 Å². The zero-order chi connectivity index (χ0) is 17.3. The molecule has 0 aromatic carbocycles. The van der Waals surface area contributed by atoms with E-state index in [1.807, 2.05) is 0 Å². The first kappa shape index (κ1) is 18.9. The van der Waals surface area contributed by atoms with Crippen LogP contribution in [0.15, 0.2) is 0 Å². The molecule has 0 aliphatic carbocycles. The molecule has 2 saturated heterocycles. The van der Waals surface area contributed by atoms with Gasteiger partial charge in [-0.2, -0.15) is 0 Å². The van der Waals surface area contributed by atoms with Crippen LogP contribution in [0.4, 0.5) is 0 Å². The average Bonchev–Trinajstić information content (AvgIpc) is 2.54. The standard InChI is InChI=1S/C12H22O11/c13-1-3-5(15)7(17)8(18)12(22-3)23-10-6(16)4(2-14)21-11(20)9(10)19/h3-20H,1-2H2/t3-,4-,5-,6-,7+,8-,9-,10?,11?,12+/m1/s1. The van der Waals surface area contributed by atoms with Gasteiger partial charge in [0.2, 0.25) is 0 Å². The fraction of sp³-hybridized carbons (Fsp3) is 1.00. The zero-order valence-corrected chi connectivity index (χ0v) is 12.0. The summed E-state index contributed by atoms with van der Waals surface area (Å²) in [7, 11) is 0. The van der Waals surface area contributed by atoms with E-state index in [2.05, 4.69) is 0 Å². The molecule has 0 saturated carbocycles. The number of rotatable bonds is 4. The van der Waals surface area contributed by atoms with Crippen LogP contribution in [-0.4, -0.2) is 115 Å². The van der Waals surface area contributed by atoms with Gasteiger partial charge in [-0.05, 0) is 0 Å². The molecule has 0 aromatic heterocycles. The third-order valence-electron chi connectivity index (χ3n) is 3.98. The van der Waals surface area contributed by atoms with Crippen LogP contribution < -0.4 is 0 Å². The monoisotopic (exact) mass is 342 g/mol. The number of hydrogen-bond acceptors (Lipinski definition) is 11. The normalized spacial score (nSPS) is 51.7. The van der Waals surface area contributed by atoms with E-state index in [4.69, 9.17) is 24.4 Å². The van der Waals surface area contributed by atoms with Crippen molar-refractivity contribution in [2.75, 3.05) is 13.2 Å². The maximum atomic E-state index is 10.00. The van der Waals surface area contributed by atoms with E-state index in [1.54, 1.807) is 0 Å². The van der Waals surface area contributed by atoms with Crippen molar-refractivity contribution in [2.24, 2.45) is 0 Å². The van der Waals surface area contributed by atoms with Crippen molar-refractivity contribution in [2.45, 2.75) is 61.4 Å². The summed E-state index contributed by atoms with van der Waals surface area (Å²) in [5, 5.41) is 76.8. The van der Waals surface area contributed by atoms with E-state index in [1.165, 1.54) is 0 Å². The SMILES string of the molecule is OC[C@H]1O[C@@H](OC2[C@@H](O)C(O)O[C@H](CO)[C@H]2O)[C@H](O)[C@@H](O)[C@@H]1O. The van der Waals surface area contributed by atoms with E-state index in [0.29, 0.717) is 0 Å². The van der Waals surface area contributed by atoms with Crippen LogP contribution in [-0.2, 0) is 14.2 Å². The van der Waals surface area contributed by atoms with E-state index in [-0.39, 0.29) is 0 Å². The predicted octanol–water partition coefficient (Wildman–Crippen LogP) is -5.40. The molecule has 0 bridgehead atoms. The predicted molar refractivity (Wildman–Crippen MR) is 68.6 cm³/mol. The Balaban J connectivity index is 2.11. The molecule has 11 nitrogen and oxygen atoms in total. The lowest BCUT2D eigenvalue weighted by Gasteiger charge is -2.45. The Morgan fingerprint density at radius 2 is 1.22 bits per heavy atom. The van der Waals surface area contributed by atoms with Crippen molar-refractivity contribution in [3.05, 3.63) is 0 Å². The molecule has 2 rings (SSSR count). The lowest BCUT2D eigenvalue weighted by molar-refractivity contribution is -0.355. The Morgan fingerprint density at radius 3 is 1.78 bits per heavy atom. The minimum Gasteiger partial charge on any atom is -0.394 e. The lowest BCUT2D eigenvalue weighted by atomic mass is 9.97. The van der Waals surface area contributed by atoms with Crippen LogP contribution in [0.2, 0.25) is 0 Å². The van der Waals surface area contributed by atoms with Crippen LogP contribution in [0, 0.1) is 0 Å². The fourth-order valence-corrected chi connectivity index (χ4v) is 2.56. The molecule has 0 spiro atoms. The molecular weight excluding hydrogens is 320 g/mol. The van der Waals surface area contributed by atoms with Gasteiger partial charge >= 0.3 is 0 Å². The van der Waals surface area contributed by atoms with Gasteiger partial charge in [-0.15, -0.1) is 0 Å². The van der Waals surface area contributed by atoms with E-state index in [0.717, 1.165) is 0 Å². The average molecular weight is 342 g/mol. The first-order valence-electron chi connectivity index (χ1n) is 7.08. The van der Waals surface area contributed by atoms with Gasteiger partial charge in [0.25, 0.3) is 0 Å². The summed E-state index contributed by atoms with van der Waals surface area (Å²) in [4.78, 5) is 0. The number of ether oxygens (including phenoxy) is 3. The summed E-state index contributed by atoms with van der Waals surface area (Å²) in [6, 6.07) is 0. The van der Waals surface area contributed by atoms with Gasteiger partial charge in [0.05, 0.1) is 13.2 Å². The second-order valence-electron chi connectivity index (χ2n) is 5.53. The molecule has 8 N–H and O–H groups in total. The fourth-order valence-electron chi connectivity index (χ4n) is 2.56. The van der Waals surface area contributed by atoms with Gasteiger partial charge in [-0.25, -0.2) is 0 Å². The van der Waals surface area contributed by atoms with E-state index < -0.39 is 74.6 Å². The lowest BCUT2D eigenvalue weighted by Crippen LogP contribution is -2.64. The largest absolute Gasteiger partial charge is 0.394 e. The van der Waals surface area contributed by atoms with Gasteiger partial charge < -0.3 is 55.1 Å². The van der Waals surface area contributed by atoms with E-state index >= 15 is 0 Å². The third kappa shape index (κ3) is 3.65. The third-order valence-corrected chi connectivity index (χ3v) is 3.98. The quantitative estimate of drug-likeness (QED) is 0.243. The molecule has 0 aromatic rings. The summed E-state index contributed by atoms with van der Waals surface area (Å²) >= 11 is 0. The van der Waals surface area contributed by atoms with Crippen LogP contribution in [0.3, 0.4) is 0 Å². The number of aliphatic hydroxyl groups excluding tert-OH is 8. The molecule has 0 amide bonds. The Hall–Kier alpha value is -0.440. The summed E-state index contributed by atoms with van der Waals surface area (Å²) in [6.45, 7) is -1.34. The molecule has 10 atom stereocenters. The summed E-state index contributed by atoms with van der Waals surface area (Å²) in [6.07, 6.45) is -15.7. The second-order valence-corrected chi connectivity index (χ2v) is 5.53. The van der Waals surface area contributed by atoms with Crippen LogP contribution in [0.1, 0.15) is 0 Å². The summed E-state index contributed by atoms with van der Waals surface area (Å²) in [5.41, 5.74) is 0. The Bertz CT molecular complexity index is 380. The highest BCUT2D eigenvalue weighted by Gasteiger charge is 2.50. The maximum absolute atomic E-state index is 10.00. The molecule has 2 unspecified atom stereocenters. The number of aliphatic hydroxyl groups is 8. The first-order chi connectivity index (χ1) is 10.8.